The predicted molar refractivity (Wildman–Crippen MR) is 60.6 cm³/mol. The number of hydrogen-bond acceptors (Lipinski definition) is 2. The van der Waals surface area contributed by atoms with Crippen molar-refractivity contribution in [1.29, 1.82) is 0 Å². The van der Waals surface area contributed by atoms with Gasteiger partial charge in [0.2, 0.25) is 0 Å². The molecule has 1 aromatic rings. The van der Waals surface area contributed by atoms with Crippen molar-refractivity contribution in [2.75, 3.05) is 11.4 Å². The monoisotopic (exact) mass is 271 g/mol. The molecule has 0 bridgehead atoms. The minimum absolute atomic E-state index is 0.212. The van der Waals surface area contributed by atoms with E-state index < -0.39 is 35.8 Å². The van der Waals surface area contributed by atoms with Crippen molar-refractivity contribution >= 4 is 17.6 Å². The number of halogens is 3. The van der Waals surface area contributed by atoms with Crippen LogP contribution in [0.5, 0.6) is 0 Å². The molecule has 0 unspecified atom stereocenters. The van der Waals surface area contributed by atoms with Gasteiger partial charge in [0.25, 0.3) is 0 Å². The molecule has 4 nitrogen and oxygen atoms in total. The molecule has 0 spiro atoms. The van der Waals surface area contributed by atoms with Gasteiger partial charge in [0.15, 0.2) is 0 Å². The van der Waals surface area contributed by atoms with E-state index in [0.717, 1.165) is 12.1 Å². The molecule has 1 N–H and O–H groups in total. The number of nitrogens with zero attached hydrogens (tertiary/aromatic N) is 1. The van der Waals surface area contributed by atoms with Gasteiger partial charge >= 0.3 is 18.1 Å². The van der Waals surface area contributed by atoms with Crippen LogP contribution in [-0.2, 0) is 4.79 Å². The van der Waals surface area contributed by atoms with E-state index in [4.69, 9.17) is 11.5 Å². The summed E-state index contributed by atoms with van der Waals surface area (Å²) < 4.78 is 37.3. The molecule has 0 atom stereocenters. The fourth-order valence-corrected chi connectivity index (χ4v) is 1.40. The first kappa shape index (κ1) is 14.6. The Morgan fingerprint density at radius 1 is 1.32 bits per heavy atom. The van der Waals surface area contributed by atoms with Crippen molar-refractivity contribution in [3.63, 3.8) is 0 Å². The maximum atomic E-state index is 12.4. The highest BCUT2D eigenvalue weighted by molar-refractivity contribution is 6.04. The van der Waals surface area contributed by atoms with Crippen molar-refractivity contribution < 1.29 is 27.9 Å². The Morgan fingerprint density at radius 3 is 2.37 bits per heavy atom. The van der Waals surface area contributed by atoms with Crippen LogP contribution in [0.4, 0.5) is 18.9 Å². The average Bonchev–Trinajstić information content (AvgIpc) is 2.34. The third kappa shape index (κ3) is 3.25. The van der Waals surface area contributed by atoms with E-state index in [-0.39, 0.29) is 4.90 Å². The van der Waals surface area contributed by atoms with Gasteiger partial charge in [0, 0.05) is 0 Å². The molecular formula is C12H8F3NO3. The Balaban J connectivity index is 3.33. The van der Waals surface area contributed by atoms with Gasteiger partial charge in [-0.2, -0.15) is 13.2 Å². The number of para-hydroxylation sites is 1. The molecule has 0 saturated carbocycles. The standard InChI is InChI=1S/C12H8F3NO3/c1-2-7-16(11(19)12(13,14)15)9-6-4-3-5-8(9)10(17)18/h1,3-6H,7H2,(H,17,18). The number of amides is 1. The first-order valence-electron chi connectivity index (χ1n) is 4.93. The molecule has 100 valence electrons. The molecule has 7 heteroatoms. The smallest absolute Gasteiger partial charge is 0.471 e. The van der Waals surface area contributed by atoms with Gasteiger partial charge in [0.05, 0.1) is 17.8 Å². The molecule has 1 amide bonds. The molecular weight excluding hydrogens is 263 g/mol. The van der Waals surface area contributed by atoms with Crippen molar-refractivity contribution in [1.82, 2.24) is 0 Å². The number of terminal acetylenes is 1. The number of carboxylic acids is 1. The highest BCUT2D eigenvalue weighted by atomic mass is 19.4. The van der Waals surface area contributed by atoms with Crippen molar-refractivity contribution in [3.05, 3.63) is 29.8 Å². The summed E-state index contributed by atoms with van der Waals surface area (Å²) in [5.41, 5.74) is -0.828. The molecule has 1 rings (SSSR count). The van der Waals surface area contributed by atoms with Gasteiger partial charge in [-0.3, -0.25) is 9.69 Å². The van der Waals surface area contributed by atoms with Crippen LogP contribution in [-0.4, -0.2) is 29.7 Å². The first-order valence-corrected chi connectivity index (χ1v) is 4.93. The minimum Gasteiger partial charge on any atom is -0.478 e. The van der Waals surface area contributed by atoms with Crippen LogP contribution in [0.15, 0.2) is 24.3 Å². The maximum absolute atomic E-state index is 12.4. The Kier molecular flexibility index (Phi) is 4.17. The highest BCUT2D eigenvalue weighted by Gasteiger charge is 2.43. The number of rotatable bonds is 3. The van der Waals surface area contributed by atoms with Gasteiger partial charge in [0.1, 0.15) is 0 Å². The number of carbonyl (C=O) groups excluding carboxylic acids is 1. The number of anilines is 1. The fraction of sp³-hybridized carbons (Fsp3) is 0.167. The third-order valence-corrected chi connectivity index (χ3v) is 2.16. The van der Waals surface area contributed by atoms with Crippen LogP contribution < -0.4 is 4.90 Å². The molecule has 19 heavy (non-hydrogen) atoms. The Bertz CT molecular complexity index is 546. The molecule has 0 aromatic heterocycles. The van der Waals surface area contributed by atoms with Crippen LogP contribution in [0.3, 0.4) is 0 Å². The topological polar surface area (TPSA) is 57.6 Å². The van der Waals surface area contributed by atoms with Crippen LogP contribution >= 0.6 is 0 Å². The Labute approximate surface area is 106 Å². The van der Waals surface area contributed by atoms with Crippen LogP contribution in [0.25, 0.3) is 0 Å². The summed E-state index contributed by atoms with van der Waals surface area (Å²) in [6.07, 6.45) is -0.221. The summed E-state index contributed by atoms with van der Waals surface area (Å²) in [7, 11) is 0. The number of carbonyl (C=O) groups is 2. The quantitative estimate of drug-likeness (QED) is 0.854. The van der Waals surface area contributed by atoms with E-state index in [1.165, 1.54) is 12.1 Å². The largest absolute Gasteiger partial charge is 0.478 e. The lowest BCUT2D eigenvalue weighted by Crippen LogP contribution is -2.42. The van der Waals surface area contributed by atoms with Crippen molar-refractivity contribution in [3.8, 4) is 12.3 Å². The molecule has 0 aliphatic rings. The summed E-state index contributed by atoms with van der Waals surface area (Å²) in [6, 6.07) is 4.82. The molecule has 0 radical (unpaired) electrons. The number of aromatic carboxylic acids is 1. The summed E-state index contributed by atoms with van der Waals surface area (Å²) in [5.74, 6) is -1.76. The van der Waals surface area contributed by atoms with E-state index in [2.05, 4.69) is 0 Å². The lowest BCUT2D eigenvalue weighted by Gasteiger charge is -2.22. The highest BCUT2D eigenvalue weighted by Crippen LogP contribution is 2.26. The van der Waals surface area contributed by atoms with Crippen LogP contribution in [0.1, 0.15) is 10.4 Å². The van der Waals surface area contributed by atoms with Gasteiger partial charge in [-0.15, -0.1) is 6.42 Å². The van der Waals surface area contributed by atoms with Crippen LogP contribution in [0, 0.1) is 12.3 Å². The summed E-state index contributed by atoms with van der Waals surface area (Å²) in [6.45, 7) is -0.678. The number of hydrogen-bond donors (Lipinski definition) is 1. The van der Waals surface area contributed by atoms with E-state index in [0.29, 0.717) is 0 Å². The summed E-state index contributed by atoms with van der Waals surface area (Å²) >= 11 is 0. The van der Waals surface area contributed by atoms with Gasteiger partial charge in [-0.05, 0) is 12.1 Å². The number of carboxylic acid groups (broad SMARTS) is 1. The predicted octanol–water partition coefficient (Wildman–Crippen LogP) is 1.91. The summed E-state index contributed by atoms with van der Waals surface area (Å²) in [4.78, 5) is 22.4. The molecule has 0 aliphatic carbocycles. The SMILES string of the molecule is C#CCN(C(=O)C(F)(F)F)c1ccccc1C(=O)O. The molecule has 0 heterocycles. The fourth-order valence-electron chi connectivity index (χ4n) is 1.40. The van der Waals surface area contributed by atoms with Crippen molar-refractivity contribution in [2.24, 2.45) is 0 Å². The Hall–Kier alpha value is -2.49. The molecule has 0 saturated heterocycles. The van der Waals surface area contributed by atoms with Gasteiger partial charge in [-0.1, -0.05) is 18.1 Å². The van der Waals surface area contributed by atoms with E-state index >= 15 is 0 Å². The second kappa shape index (κ2) is 5.44. The van der Waals surface area contributed by atoms with Crippen LogP contribution in [0.2, 0.25) is 0 Å². The number of benzene rings is 1. The second-order valence-electron chi connectivity index (χ2n) is 3.42. The van der Waals surface area contributed by atoms with Gasteiger partial charge in [-0.25, -0.2) is 4.79 Å². The molecule has 0 fully saturated rings. The lowest BCUT2D eigenvalue weighted by atomic mass is 10.1. The molecule has 0 aliphatic heterocycles. The first-order chi connectivity index (χ1) is 8.79. The zero-order valence-electron chi connectivity index (χ0n) is 9.44. The maximum Gasteiger partial charge on any atom is 0.471 e. The van der Waals surface area contributed by atoms with Gasteiger partial charge < -0.3 is 5.11 Å². The molecule has 1 aromatic carbocycles. The van der Waals surface area contributed by atoms with E-state index in [9.17, 15) is 22.8 Å². The summed E-state index contributed by atoms with van der Waals surface area (Å²) in [5, 5.41) is 8.90. The minimum atomic E-state index is -5.14. The van der Waals surface area contributed by atoms with Crippen molar-refractivity contribution in [2.45, 2.75) is 6.18 Å². The normalized spacial score (nSPS) is 10.6. The lowest BCUT2D eigenvalue weighted by molar-refractivity contribution is -0.170. The second-order valence-corrected chi connectivity index (χ2v) is 3.42. The third-order valence-electron chi connectivity index (χ3n) is 2.16. The van der Waals surface area contributed by atoms with E-state index in [1.807, 2.05) is 5.92 Å². The zero-order valence-corrected chi connectivity index (χ0v) is 9.44. The zero-order chi connectivity index (χ0) is 14.6. The van der Waals surface area contributed by atoms with E-state index in [1.54, 1.807) is 0 Å². The average molecular weight is 271 g/mol. The Morgan fingerprint density at radius 2 is 1.89 bits per heavy atom. The number of alkyl halides is 3.